The Morgan fingerprint density at radius 3 is 0.836 bits per heavy atom. The van der Waals surface area contributed by atoms with Crippen LogP contribution < -0.4 is 0 Å². The van der Waals surface area contributed by atoms with Crippen LogP contribution >= 0.6 is 0 Å². The van der Waals surface area contributed by atoms with E-state index in [0.29, 0.717) is 19.3 Å². The van der Waals surface area contributed by atoms with Crippen LogP contribution in [0.1, 0.15) is 329 Å². The summed E-state index contributed by atoms with van der Waals surface area (Å²) in [6, 6.07) is 0. The first-order valence-corrected chi connectivity index (χ1v) is 31.8. The van der Waals surface area contributed by atoms with Crippen molar-refractivity contribution in [1.29, 1.82) is 0 Å². The van der Waals surface area contributed by atoms with Gasteiger partial charge >= 0.3 is 17.9 Å². The minimum Gasteiger partial charge on any atom is -0.462 e. The molecule has 424 valence electrons. The summed E-state index contributed by atoms with van der Waals surface area (Å²) in [7, 11) is 0. The van der Waals surface area contributed by atoms with Gasteiger partial charge in [0.05, 0.1) is 0 Å². The van der Waals surface area contributed by atoms with E-state index in [4.69, 9.17) is 14.2 Å². The summed E-state index contributed by atoms with van der Waals surface area (Å²) < 4.78 is 16.9. The fourth-order valence-electron chi connectivity index (χ4n) is 9.30. The third kappa shape index (κ3) is 59.9. The molecule has 6 nitrogen and oxygen atoms in total. The summed E-state index contributed by atoms with van der Waals surface area (Å²) >= 11 is 0. The van der Waals surface area contributed by atoms with Crippen molar-refractivity contribution in [2.24, 2.45) is 0 Å². The summed E-state index contributed by atoms with van der Waals surface area (Å²) in [5.74, 6) is -0.858. The van der Waals surface area contributed by atoms with Gasteiger partial charge < -0.3 is 14.2 Å². The molecular formula is C67H120O6. The third-order valence-electron chi connectivity index (χ3n) is 14.0. The number of hydrogen-bond donors (Lipinski definition) is 0. The lowest BCUT2D eigenvalue weighted by molar-refractivity contribution is -0.167. The predicted molar refractivity (Wildman–Crippen MR) is 316 cm³/mol. The zero-order valence-corrected chi connectivity index (χ0v) is 48.7. The minimum absolute atomic E-state index is 0.0710. The first-order chi connectivity index (χ1) is 36.0. The predicted octanol–water partition coefficient (Wildman–Crippen LogP) is 21.6. The van der Waals surface area contributed by atoms with E-state index in [9.17, 15) is 14.4 Å². The Kier molecular flexibility index (Phi) is 59.2. The first-order valence-electron chi connectivity index (χ1n) is 31.8. The summed E-state index contributed by atoms with van der Waals surface area (Å²) in [6.07, 6.45) is 78.0. The molecule has 0 saturated heterocycles. The quantitative estimate of drug-likeness (QED) is 0.0261. The smallest absolute Gasteiger partial charge is 0.306 e. The van der Waals surface area contributed by atoms with Crippen LogP contribution in [0.3, 0.4) is 0 Å². The Balaban J connectivity index is 4.26. The number of carbonyl (C=O) groups is 3. The zero-order valence-electron chi connectivity index (χ0n) is 48.7. The minimum atomic E-state index is -0.773. The fourth-order valence-corrected chi connectivity index (χ4v) is 9.30. The Morgan fingerprint density at radius 2 is 0.534 bits per heavy atom. The van der Waals surface area contributed by atoms with Gasteiger partial charge in [-0.15, -0.1) is 0 Å². The van der Waals surface area contributed by atoms with Crippen LogP contribution in [0.2, 0.25) is 0 Å². The molecule has 0 saturated carbocycles. The highest BCUT2D eigenvalue weighted by atomic mass is 16.6. The Bertz CT molecular complexity index is 1310. The van der Waals surface area contributed by atoms with E-state index in [1.807, 2.05) is 0 Å². The van der Waals surface area contributed by atoms with E-state index in [0.717, 1.165) is 96.3 Å². The summed E-state index contributed by atoms with van der Waals surface area (Å²) in [5.41, 5.74) is 0. The largest absolute Gasteiger partial charge is 0.462 e. The highest BCUT2D eigenvalue weighted by Crippen LogP contribution is 2.17. The molecule has 0 bridgehead atoms. The topological polar surface area (TPSA) is 78.9 Å². The van der Waals surface area contributed by atoms with Gasteiger partial charge in [0.2, 0.25) is 0 Å². The van der Waals surface area contributed by atoms with Gasteiger partial charge in [-0.3, -0.25) is 14.4 Å². The SMILES string of the molecule is CC/C=C\C/C=C\C/C=C\C/C=C\C/C=C\CCCCCCCCCCCC(=O)OCC(COC(=O)CCCCCCCCCCCCC)OC(=O)CCCCCCCCCCCCCCCCCCCCC. The van der Waals surface area contributed by atoms with E-state index in [2.05, 4.69) is 81.5 Å². The van der Waals surface area contributed by atoms with Crippen LogP contribution in [0.5, 0.6) is 0 Å². The lowest BCUT2D eigenvalue weighted by atomic mass is 10.0. The van der Waals surface area contributed by atoms with Crippen LogP contribution in [0.4, 0.5) is 0 Å². The van der Waals surface area contributed by atoms with E-state index in [1.54, 1.807) is 0 Å². The normalized spacial score (nSPS) is 12.4. The molecule has 0 radical (unpaired) electrons. The van der Waals surface area contributed by atoms with Crippen LogP contribution in [0, 0.1) is 0 Å². The molecule has 0 aliphatic heterocycles. The van der Waals surface area contributed by atoms with Gasteiger partial charge in [-0.1, -0.05) is 306 Å². The van der Waals surface area contributed by atoms with Crippen molar-refractivity contribution >= 4 is 17.9 Å². The molecule has 0 aliphatic rings. The molecule has 1 unspecified atom stereocenters. The maximum atomic E-state index is 12.9. The lowest BCUT2D eigenvalue weighted by Gasteiger charge is -2.18. The molecule has 0 N–H and O–H groups in total. The number of carbonyl (C=O) groups excluding carboxylic acids is 3. The third-order valence-corrected chi connectivity index (χ3v) is 14.0. The molecule has 73 heavy (non-hydrogen) atoms. The lowest BCUT2D eigenvalue weighted by Crippen LogP contribution is -2.30. The number of allylic oxidation sites excluding steroid dienone is 10. The van der Waals surface area contributed by atoms with Crippen molar-refractivity contribution in [2.75, 3.05) is 13.2 Å². The number of esters is 3. The van der Waals surface area contributed by atoms with Crippen molar-refractivity contribution in [1.82, 2.24) is 0 Å². The van der Waals surface area contributed by atoms with Crippen LogP contribution in [-0.2, 0) is 28.6 Å². The number of unbranched alkanes of at least 4 members (excludes halogenated alkanes) is 37. The van der Waals surface area contributed by atoms with Gasteiger partial charge in [-0.25, -0.2) is 0 Å². The molecular weight excluding hydrogens is 901 g/mol. The van der Waals surface area contributed by atoms with Gasteiger partial charge in [0, 0.05) is 19.3 Å². The molecule has 0 aromatic heterocycles. The monoisotopic (exact) mass is 1020 g/mol. The van der Waals surface area contributed by atoms with Gasteiger partial charge in [0.15, 0.2) is 6.10 Å². The van der Waals surface area contributed by atoms with E-state index < -0.39 is 6.10 Å². The van der Waals surface area contributed by atoms with Gasteiger partial charge in [-0.05, 0) is 64.2 Å². The summed E-state index contributed by atoms with van der Waals surface area (Å²) in [4.78, 5) is 38.2. The second-order valence-corrected chi connectivity index (χ2v) is 21.3. The molecule has 1 atom stereocenters. The molecule has 6 heteroatoms. The first kappa shape index (κ1) is 70.1. The average Bonchev–Trinajstić information content (AvgIpc) is 3.39. The number of ether oxygens (including phenoxy) is 3. The van der Waals surface area contributed by atoms with Crippen LogP contribution in [0.15, 0.2) is 60.8 Å². The van der Waals surface area contributed by atoms with Crippen molar-refractivity contribution in [3.63, 3.8) is 0 Å². The van der Waals surface area contributed by atoms with Crippen molar-refractivity contribution in [3.8, 4) is 0 Å². The maximum Gasteiger partial charge on any atom is 0.306 e. The second kappa shape index (κ2) is 61.7. The Labute approximate surface area is 453 Å². The van der Waals surface area contributed by atoms with Gasteiger partial charge in [0.1, 0.15) is 13.2 Å². The maximum absolute atomic E-state index is 12.9. The second-order valence-electron chi connectivity index (χ2n) is 21.3. The zero-order chi connectivity index (χ0) is 52.9. The van der Waals surface area contributed by atoms with Crippen molar-refractivity contribution in [2.45, 2.75) is 335 Å². The molecule has 0 heterocycles. The summed E-state index contributed by atoms with van der Waals surface area (Å²) in [5, 5.41) is 0. The molecule has 0 spiro atoms. The van der Waals surface area contributed by atoms with Gasteiger partial charge in [0.25, 0.3) is 0 Å². The number of hydrogen-bond acceptors (Lipinski definition) is 6. The number of rotatable bonds is 58. The molecule has 0 fully saturated rings. The van der Waals surface area contributed by atoms with Crippen LogP contribution in [0.25, 0.3) is 0 Å². The molecule has 0 rings (SSSR count). The van der Waals surface area contributed by atoms with Gasteiger partial charge in [-0.2, -0.15) is 0 Å². The van der Waals surface area contributed by atoms with E-state index in [1.165, 1.54) is 193 Å². The summed E-state index contributed by atoms with van der Waals surface area (Å²) in [6.45, 7) is 6.56. The Morgan fingerprint density at radius 1 is 0.288 bits per heavy atom. The standard InChI is InChI=1S/C67H120O6/c1-4-7-10-13-16-19-22-24-26-28-30-31-32-33-34-35-37-38-40-42-45-48-51-54-57-60-66(69)72-63-64(62-71-65(68)59-56-53-50-47-44-21-18-15-12-9-6-3)73-67(70)61-58-55-52-49-46-43-41-39-36-29-27-25-23-20-17-14-11-8-5-2/h7,10,16,19,24,26,30-31,33-34,64H,4-6,8-9,11-15,17-18,20-23,25,27-29,32,35-63H2,1-3H3/b10-7-,19-16-,26-24-,31-30-,34-33-. The highest BCUT2D eigenvalue weighted by molar-refractivity contribution is 5.71. The molecule has 0 aliphatic carbocycles. The molecule has 0 amide bonds. The van der Waals surface area contributed by atoms with Crippen molar-refractivity contribution in [3.05, 3.63) is 60.8 Å². The van der Waals surface area contributed by atoms with E-state index in [-0.39, 0.29) is 31.1 Å². The van der Waals surface area contributed by atoms with Crippen molar-refractivity contribution < 1.29 is 28.6 Å². The Hall–Kier alpha value is -2.89. The fraction of sp³-hybridized carbons (Fsp3) is 0.806. The highest BCUT2D eigenvalue weighted by Gasteiger charge is 2.19. The average molecular weight is 1020 g/mol. The van der Waals surface area contributed by atoms with Crippen LogP contribution in [-0.4, -0.2) is 37.2 Å². The molecule has 0 aromatic rings. The van der Waals surface area contributed by atoms with E-state index >= 15 is 0 Å². The molecule has 0 aromatic carbocycles.